The lowest BCUT2D eigenvalue weighted by molar-refractivity contribution is -0.127. The van der Waals surface area contributed by atoms with Crippen molar-refractivity contribution in [3.8, 4) is 0 Å². The van der Waals surface area contributed by atoms with Crippen LogP contribution in [0.3, 0.4) is 0 Å². The van der Waals surface area contributed by atoms with Crippen molar-refractivity contribution < 1.29 is 14.0 Å². The molecule has 5 nitrogen and oxygen atoms in total. The number of fused-ring (bicyclic) bond motifs is 1. The van der Waals surface area contributed by atoms with Crippen molar-refractivity contribution in [1.82, 2.24) is 9.88 Å². The molecule has 2 N–H and O–H groups in total. The highest BCUT2D eigenvalue weighted by Crippen LogP contribution is 2.25. The van der Waals surface area contributed by atoms with Gasteiger partial charge in [0, 0.05) is 29.6 Å². The third-order valence-corrected chi connectivity index (χ3v) is 5.43. The number of amides is 2. The topological polar surface area (TPSA) is 76.3 Å². The van der Waals surface area contributed by atoms with Gasteiger partial charge in [0.25, 0.3) is 0 Å². The second kappa shape index (κ2) is 8.58. The van der Waals surface area contributed by atoms with Crippen LogP contribution < -0.4 is 5.73 Å². The summed E-state index contributed by atoms with van der Waals surface area (Å²) in [5.41, 5.74) is 6.72. The lowest BCUT2D eigenvalue weighted by atomic mass is 10.1. The van der Waals surface area contributed by atoms with Gasteiger partial charge in [0.15, 0.2) is 0 Å². The van der Waals surface area contributed by atoms with Gasteiger partial charge in [0.2, 0.25) is 11.8 Å². The van der Waals surface area contributed by atoms with E-state index in [9.17, 15) is 14.0 Å². The van der Waals surface area contributed by atoms with E-state index in [0.717, 1.165) is 0 Å². The molecule has 2 amide bonds. The molecule has 3 aromatic rings. The van der Waals surface area contributed by atoms with Crippen molar-refractivity contribution in [3.63, 3.8) is 0 Å². The zero-order valence-corrected chi connectivity index (χ0v) is 16.6. The molecule has 0 aliphatic carbocycles. The van der Waals surface area contributed by atoms with Gasteiger partial charge in [0.1, 0.15) is 5.82 Å². The number of aromatic nitrogens is 1. The van der Waals surface area contributed by atoms with Crippen molar-refractivity contribution in [1.29, 1.82) is 0 Å². The number of rotatable bonds is 6. The molecule has 0 saturated carbocycles. The Kier molecular flexibility index (Phi) is 6.16. The molecule has 0 aliphatic heterocycles. The first-order valence-corrected chi connectivity index (χ1v) is 9.72. The Balaban J connectivity index is 1.73. The summed E-state index contributed by atoms with van der Waals surface area (Å²) in [5, 5.41) is 1.45. The summed E-state index contributed by atoms with van der Waals surface area (Å²) in [5.74, 6) is -1.16. The summed E-state index contributed by atoms with van der Waals surface area (Å²) in [6.45, 7) is 0.0581. The molecule has 0 radical (unpaired) electrons. The number of carbonyl (C=O) groups is 2. The summed E-state index contributed by atoms with van der Waals surface area (Å²) in [6, 6.07) is 13.1. The number of carbonyl (C=O) groups excluding carboxylic acids is 2. The molecule has 0 spiro atoms. The van der Waals surface area contributed by atoms with Crippen LogP contribution in [0.15, 0.2) is 53.6 Å². The normalized spacial score (nSPS) is 10.8. The molecule has 1 heterocycles. The number of thioether (sulfide) groups is 1. The Morgan fingerprint density at radius 1 is 1.21 bits per heavy atom. The molecule has 0 unspecified atom stereocenters. The van der Waals surface area contributed by atoms with Crippen molar-refractivity contribution >= 4 is 46.1 Å². The maximum Gasteiger partial charge on any atom is 0.249 e. The Morgan fingerprint density at radius 2 is 1.96 bits per heavy atom. The van der Waals surface area contributed by atoms with Gasteiger partial charge in [-0.1, -0.05) is 47.6 Å². The van der Waals surface area contributed by atoms with Gasteiger partial charge in [-0.25, -0.2) is 9.37 Å². The Morgan fingerprint density at radius 3 is 2.68 bits per heavy atom. The fourth-order valence-electron chi connectivity index (χ4n) is 2.68. The van der Waals surface area contributed by atoms with E-state index in [1.807, 2.05) is 6.07 Å². The molecule has 0 saturated heterocycles. The minimum atomic E-state index is -0.557. The first-order valence-electron chi connectivity index (χ1n) is 8.36. The number of pyridine rings is 1. The first-order chi connectivity index (χ1) is 13.4. The molecule has 2 aromatic carbocycles. The van der Waals surface area contributed by atoms with E-state index >= 15 is 0 Å². The van der Waals surface area contributed by atoms with Gasteiger partial charge in [-0.2, -0.15) is 0 Å². The smallest absolute Gasteiger partial charge is 0.249 e. The van der Waals surface area contributed by atoms with Gasteiger partial charge in [-0.3, -0.25) is 9.59 Å². The monoisotopic (exact) mass is 417 g/mol. The molecule has 0 bridgehead atoms. The van der Waals surface area contributed by atoms with E-state index in [1.165, 1.54) is 28.8 Å². The van der Waals surface area contributed by atoms with Gasteiger partial charge >= 0.3 is 0 Å². The van der Waals surface area contributed by atoms with Crippen LogP contribution in [0.4, 0.5) is 4.39 Å². The fourth-order valence-corrected chi connectivity index (χ4v) is 3.76. The highest BCUT2D eigenvalue weighted by atomic mass is 35.5. The lowest BCUT2D eigenvalue weighted by Crippen LogP contribution is -2.28. The predicted molar refractivity (Wildman–Crippen MR) is 109 cm³/mol. The average Bonchev–Trinajstić information content (AvgIpc) is 2.68. The first kappa shape index (κ1) is 20.1. The Bertz CT molecular complexity index is 1040. The van der Waals surface area contributed by atoms with Crippen LogP contribution in [-0.2, 0) is 11.3 Å². The SMILES string of the molecule is CN(Cc1c(F)cccc1Cl)C(=O)CSc1cc(C(N)=O)c2ccccc2n1. The molecule has 28 heavy (non-hydrogen) atoms. The number of hydrogen-bond acceptors (Lipinski definition) is 4. The second-order valence-electron chi connectivity index (χ2n) is 6.13. The van der Waals surface area contributed by atoms with E-state index in [1.54, 1.807) is 37.4 Å². The minimum Gasteiger partial charge on any atom is -0.366 e. The van der Waals surface area contributed by atoms with Crippen LogP contribution in [0, 0.1) is 5.82 Å². The number of para-hydroxylation sites is 1. The molecular weight excluding hydrogens is 401 g/mol. The summed E-state index contributed by atoms with van der Waals surface area (Å²) < 4.78 is 13.9. The van der Waals surface area contributed by atoms with Crippen LogP contribution in [0.2, 0.25) is 5.02 Å². The molecule has 0 atom stereocenters. The van der Waals surface area contributed by atoms with Crippen molar-refractivity contribution in [2.75, 3.05) is 12.8 Å². The quantitative estimate of drug-likeness (QED) is 0.617. The lowest BCUT2D eigenvalue weighted by Gasteiger charge is -2.18. The third-order valence-electron chi connectivity index (χ3n) is 4.18. The molecular formula is C20H17ClFN3O2S. The highest BCUT2D eigenvalue weighted by Gasteiger charge is 2.16. The predicted octanol–water partition coefficient (Wildman–Crippen LogP) is 3.88. The van der Waals surface area contributed by atoms with Gasteiger partial charge in [0.05, 0.1) is 21.9 Å². The molecule has 0 fully saturated rings. The van der Waals surface area contributed by atoms with E-state index in [2.05, 4.69) is 4.98 Å². The van der Waals surface area contributed by atoms with E-state index < -0.39 is 11.7 Å². The van der Waals surface area contributed by atoms with Crippen molar-refractivity contribution in [2.45, 2.75) is 11.6 Å². The zero-order chi connectivity index (χ0) is 20.3. The summed E-state index contributed by atoms with van der Waals surface area (Å²) in [7, 11) is 1.58. The third kappa shape index (κ3) is 4.43. The van der Waals surface area contributed by atoms with Crippen molar-refractivity contribution in [3.05, 3.63) is 70.5 Å². The van der Waals surface area contributed by atoms with E-state index in [0.29, 0.717) is 21.5 Å². The summed E-state index contributed by atoms with van der Waals surface area (Å²) in [4.78, 5) is 30.0. The number of nitrogens with zero attached hydrogens (tertiary/aromatic N) is 2. The number of halogens is 2. The fraction of sp³-hybridized carbons (Fsp3) is 0.150. The maximum atomic E-state index is 13.9. The van der Waals surface area contributed by atoms with Crippen LogP contribution in [0.25, 0.3) is 10.9 Å². The van der Waals surface area contributed by atoms with Crippen LogP contribution >= 0.6 is 23.4 Å². The summed E-state index contributed by atoms with van der Waals surface area (Å²) in [6.07, 6.45) is 0. The van der Waals surface area contributed by atoms with Crippen LogP contribution in [0.5, 0.6) is 0 Å². The van der Waals surface area contributed by atoms with Crippen molar-refractivity contribution in [2.24, 2.45) is 5.73 Å². The number of primary amides is 1. The largest absolute Gasteiger partial charge is 0.366 e. The molecule has 0 aliphatic rings. The van der Waals surface area contributed by atoms with Gasteiger partial charge < -0.3 is 10.6 Å². The second-order valence-corrected chi connectivity index (χ2v) is 7.53. The summed E-state index contributed by atoms with van der Waals surface area (Å²) >= 11 is 7.20. The standard InChI is InChI=1S/C20H17ClFN3O2S/c1-25(10-14-15(21)6-4-7-16(14)22)19(26)11-28-18-9-13(20(23)27)12-5-2-3-8-17(12)24-18/h2-9H,10-11H2,1H3,(H2,23,27). The van der Waals surface area contributed by atoms with E-state index in [4.69, 9.17) is 17.3 Å². The Hall–Kier alpha value is -2.64. The van der Waals surface area contributed by atoms with Gasteiger partial charge in [-0.15, -0.1) is 0 Å². The molecule has 8 heteroatoms. The number of hydrogen-bond donors (Lipinski definition) is 1. The Labute approximate surface area is 170 Å². The average molecular weight is 418 g/mol. The number of nitrogens with two attached hydrogens (primary N) is 1. The van der Waals surface area contributed by atoms with E-state index in [-0.39, 0.29) is 28.8 Å². The van der Waals surface area contributed by atoms with Crippen LogP contribution in [-0.4, -0.2) is 34.5 Å². The maximum absolute atomic E-state index is 13.9. The molecule has 1 aromatic heterocycles. The minimum absolute atomic E-state index is 0.0581. The van der Waals surface area contributed by atoms with Crippen LogP contribution in [0.1, 0.15) is 15.9 Å². The molecule has 144 valence electrons. The number of benzene rings is 2. The zero-order valence-electron chi connectivity index (χ0n) is 15.0. The molecule has 3 rings (SSSR count). The highest BCUT2D eigenvalue weighted by molar-refractivity contribution is 7.99. The van der Waals surface area contributed by atoms with Gasteiger partial charge in [-0.05, 0) is 24.3 Å².